The standard InChI is InChI=1S/C55H35N3/c1-2-13-36(14-3-1)39-25-29-40(30-26-39)51-47-21-8-10-23-49(47)52(50-24-11-9-22-48(50)51)43-19-12-20-44(35-43)53-56-54(45-31-27-37-15-4-6-17-41(37)33-45)58-55(57-53)46-32-28-38-16-5-7-18-42(38)34-46/h1-35H. The van der Waals surface area contributed by atoms with E-state index in [1.165, 1.54) is 60.1 Å². The SMILES string of the molecule is c1ccc(-c2ccc(-c3c4ccccc4c(-c4cccc(-c5nc(-c6ccc7ccccc7c6)nc(-c6ccc7ccccc7c6)n5)c4)c4ccccc34)cc2)cc1. The van der Waals surface area contributed by atoms with Crippen molar-refractivity contribution >= 4 is 43.1 Å². The molecule has 0 amide bonds. The van der Waals surface area contributed by atoms with Crippen LogP contribution in [-0.2, 0) is 0 Å². The van der Waals surface area contributed by atoms with Gasteiger partial charge in [-0.05, 0) is 94.7 Å². The lowest BCUT2D eigenvalue weighted by molar-refractivity contribution is 1.08. The van der Waals surface area contributed by atoms with Gasteiger partial charge in [0.05, 0.1) is 0 Å². The van der Waals surface area contributed by atoms with Crippen molar-refractivity contribution in [3.8, 4) is 67.5 Å². The Kier molecular flexibility index (Phi) is 8.15. The van der Waals surface area contributed by atoms with Crippen molar-refractivity contribution in [2.45, 2.75) is 0 Å². The van der Waals surface area contributed by atoms with Gasteiger partial charge in [0.25, 0.3) is 0 Å². The zero-order chi connectivity index (χ0) is 38.4. The van der Waals surface area contributed by atoms with E-state index < -0.39 is 0 Å². The number of hydrogen-bond donors (Lipinski definition) is 0. The van der Waals surface area contributed by atoms with Gasteiger partial charge in [0, 0.05) is 16.7 Å². The number of rotatable bonds is 6. The van der Waals surface area contributed by atoms with E-state index >= 15 is 0 Å². The molecule has 10 aromatic carbocycles. The van der Waals surface area contributed by atoms with Gasteiger partial charge in [0.2, 0.25) is 0 Å². The second kappa shape index (κ2) is 14.1. The smallest absolute Gasteiger partial charge is 0.164 e. The maximum atomic E-state index is 5.19. The molecule has 0 aliphatic rings. The first kappa shape index (κ1) is 33.6. The molecular weight excluding hydrogens is 703 g/mol. The van der Waals surface area contributed by atoms with Gasteiger partial charge in [0.1, 0.15) is 0 Å². The van der Waals surface area contributed by atoms with Gasteiger partial charge in [-0.2, -0.15) is 0 Å². The quantitative estimate of drug-likeness (QED) is 0.160. The van der Waals surface area contributed by atoms with E-state index in [0.717, 1.165) is 33.0 Å². The summed E-state index contributed by atoms with van der Waals surface area (Å²) in [5.41, 5.74) is 9.98. The zero-order valence-electron chi connectivity index (χ0n) is 31.5. The summed E-state index contributed by atoms with van der Waals surface area (Å²) in [7, 11) is 0. The Morgan fingerprint density at radius 3 is 1.07 bits per heavy atom. The minimum atomic E-state index is 0.631. The van der Waals surface area contributed by atoms with Gasteiger partial charge in [0.15, 0.2) is 17.5 Å². The van der Waals surface area contributed by atoms with Crippen molar-refractivity contribution < 1.29 is 0 Å². The van der Waals surface area contributed by atoms with Crippen molar-refractivity contribution in [2.24, 2.45) is 0 Å². The molecule has 0 saturated heterocycles. The summed E-state index contributed by atoms with van der Waals surface area (Å²) in [5.74, 6) is 1.91. The monoisotopic (exact) mass is 737 g/mol. The predicted molar refractivity (Wildman–Crippen MR) is 242 cm³/mol. The van der Waals surface area contributed by atoms with Gasteiger partial charge in [-0.1, -0.05) is 194 Å². The molecule has 0 saturated carbocycles. The summed E-state index contributed by atoms with van der Waals surface area (Å²) in [6.07, 6.45) is 0. The van der Waals surface area contributed by atoms with Gasteiger partial charge >= 0.3 is 0 Å². The van der Waals surface area contributed by atoms with Crippen LogP contribution in [-0.4, -0.2) is 15.0 Å². The molecule has 11 rings (SSSR count). The highest BCUT2D eigenvalue weighted by molar-refractivity contribution is 6.21. The molecule has 3 nitrogen and oxygen atoms in total. The van der Waals surface area contributed by atoms with Crippen LogP contribution in [0.1, 0.15) is 0 Å². The van der Waals surface area contributed by atoms with Gasteiger partial charge in [-0.25, -0.2) is 15.0 Å². The van der Waals surface area contributed by atoms with Crippen LogP contribution in [0.25, 0.3) is 111 Å². The Bertz CT molecular complexity index is 3180. The lowest BCUT2D eigenvalue weighted by atomic mass is 9.85. The fourth-order valence-electron chi connectivity index (χ4n) is 8.44. The molecule has 0 atom stereocenters. The molecule has 0 aliphatic carbocycles. The topological polar surface area (TPSA) is 38.7 Å². The molecule has 11 aromatic rings. The Hall–Kier alpha value is -7.75. The van der Waals surface area contributed by atoms with Crippen LogP contribution < -0.4 is 0 Å². The fourth-order valence-corrected chi connectivity index (χ4v) is 8.44. The van der Waals surface area contributed by atoms with Crippen LogP contribution in [0.5, 0.6) is 0 Å². The molecule has 270 valence electrons. The van der Waals surface area contributed by atoms with E-state index in [0.29, 0.717) is 17.5 Å². The number of benzene rings is 10. The molecule has 0 spiro atoms. The maximum Gasteiger partial charge on any atom is 0.164 e. The summed E-state index contributed by atoms with van der Waals surface area (Å²) in [5, 5.41) is 9.47. The molecule has 0 bridgehead atoms. The first-order chi connectivity index (χ1) is 28.7. The summed E-state index contributed by atoms with van der Waals surface area (Å²) < 4.78 is 0. The number of nitrogens with zero attached hydrogens (tertiary/aromatic N) is 3. The Morgan fingerprint density at radius 2 is 0.552 bits per heavy atom. The lowest BCUT2D eigenvalue weighted by Gasteiger charge is -2.18. The highest BCUT2D eigenvalue weighted by Gasteiger charge is 2.19. The van der Waals surface area contributed by atoms with E-state index in [9.17, 15) is 0 Å². The Labute approximate surface area is 336 Å². The summed E-state index contributed by atoms with van der Waals surface area (Å²) in [6, 6.07) is 75.5. The van der Waals surface area contributed by atoms with Crippen LogP contribution in [0, 0.1) is 0 Å². The third kappa shape index (κ3) is 5.98. The largest absolute Gasteiger partial charge is 0.208 e. The molecule has 3 heteroatoms. The fraction of sp³-hybridized carbons (Fsp3) is 0. The Balaban J connectivity index is 1.08. The first-order valence-corrected chi connectivity index (χ1v) is 19.7. The average Bonchev–Trinajstić information content (AvgIpc) is 3.30. The minimum Gasteiger partial charge on any atom is -0.208 e. The molecule has 0 radical (unpaired) electrons. The molecule has 1 aromatic heterocycles. The zero-order valence-corrected chi connectivity index (χ0v) is 31.5. The van der Waals surface area contributed by atoms with Crippen molar-refractivity contribution in [1.82, 2.24) is 15.0 Å². The number of aromatic nitrogens is 3. The summed E-state index contributed by atoms with van der Waals surface area (Å²) in [6.45, 7) is 0. The third-order valence-electron chi connectivity index (χ3n) is 11.3. The van der Waals surface area contributed by atoms with Crippen LogP contribution >= 0.6 is 0 Å². The molecule has 0 fully saturated rings. The lowest BCUT2D eigenvalue weighted by Crippen LogP contribution is -2.00. The Morgan fingerprint density at radius 1 is 0.207 bits per heavy atom. The predicted octanol–water partition coefficient (Wildman–Crippen LogP) is 14.5. The third-order valence-corrected chi connectivity index (χ3v) is 11.3. The van der Waals surface area contributed by atoms with Crippen molar-refractivity contribution in [3.05, 3.63) is 212 Å². The normalized spacial score (nSPS) is 11.4. The minimum absolute atomic E-state index is 0.631. The first-order valence-electron chi connectivity index (χ1n) is 19.7. The number of fused-ring (bicyclic) bond motifs is 4. The summed E-state index contributed by atoms with van der Waals surface area (Å²) in [4.78, 5) is 15.5. The van der Waals surface area contributed by atoms with E-state index in [1.54, 1.807) is 0 Å². The van der Waals surface area contributed by atoms with E-state index in [-0.39, 0.29) is 0 Å². The summed E-state index contributed by atoms with van der Waals surface area (Å²) >= 11 is 0. The van der Waals surface area contributed by atoms with Gasteiger partial charge < -0.3 is 0 Å². The van der Waals surface area contributed by atoms with Gasteiger partial charge in [-0.15, -0.1) is 0 Å². The molecule has 0 unspecified atom stereocenters. The van der Waals surface area contributed by atoms with Gasteiger partial charge in [-0.3, -0.25) is 0 Å². The molecule has 1 heterocycles. The van der Waals surface area contributed by atoms with Crippen molar-refractivity contribution in [2.75, 3.05) is 0 Å². The van der Waals surface area contributed by atoms with E-state index in [1.807, 2.05) is 0 Å². The van der Waals surface area contributed by atoms with Crippen LogP contribution in [0.3, 0.4) is 0 Å². The molecule has 58 heavy (non-hydrogen) atoms. The second-order valence-electron chi connectivity index (χ2n) is 14.8. The van der Waals surface area contributed by atoms with Crippen LogP contribution in [0.15, 0.2) is 212 Å². The molecule has 0 aliphatic heterocycles. The second-order valence-corrected chi connectivity index (χ2v) is 14.8. The van der Waals surface area contributed by atoms with Crippen molar-refractivity contribution in [3.63, 3.8) is 0 Å². The highest BCUT2D eigenvalue weighted by atomic mass is 15.0. The van der Waals surface area contributed by atoms with Crippen LogP contribution in [0.2, 0.25) is 0 Å². The maximum absolute atomic E-state index is 5.19. The van der Waals surface area contributed by atoms with Crippen LogP contribution in [0.4, 0.5) is 0 Å². The number of hydrogen-bond acceptors (Lipinski definition) is 3. The van der Waals surface area contributed by atoms with E-state index in [4.69, 9.17) is 15.0 Å². The molecule has 0 N–H and O–H groups in total. The van der Waals surface area contributed by atoms with Crippen molar-refractivity contribution in [1.29, 1.82) is 0 Å². The molecular formula is C55H35N3. The highest BCUT2D eigenvalue weighted by Crippen LogP contribution is 2.44. The average molecular weight is 738 g/mol. The van der Waals surface area contributed by atoms with E-state index in [2.05, 4.69) is 212 Å².